The molecule has 1 N–H and O–H groups in total. The molecule has 0 heterocycles. The first-order chi connectivity index (χ1) is 10.2. The Morgan fingerprint density at radius 1 is 1.10 bits per heavy atom. The van der Waals surface area contributed by atoms with Crippen LogP contribution in [0.2, 0.25) is 0 Å². The van der Waals surface area contributed by atoms with Gasteiger partial charge in [0.1, 0.15) is 11.5 Å². The third kappa shape index (κ3) is 4.13. The van der Waals surface area contributed by atoms with Gasteiger partial charge in [-0.3, -0.25) is 0 Å². The van der Waals surface area contributed by atoms with E-state index in [0.29, 0.717) is 6.04 Å². The van der Waals surface area contributed by atoms with Crippen LogP contribution in [0.15, 0.2) is 18.2 Å². The number of rotatable bonds is 5. The van der Waals surface area contributed by atoms with E-state index in [1.807, 2.05) is 12.1 Å². The lowest BCUT2D eigenvalue weighted by molar-refractivity contribution is 0.323. The van der Waals surface area contributed by atoms with E-state index in [9.17, 15) is 0 Å². The van der Waals surface area contributed by atoms with Gasteiger partial charge in [-0.1, -0.05) is 26.2 Å². The van der Waals surface area contributed by atoms with Crippen molar-refractivity contribution in [1.29, 1.82) is 0 Å². The Morgan fingerprint density at radius 2 is 1.86 bits per heavy atom. The Balaban J connectivity index is 2.12. The molecule has 1 aliphatic carbocycles. The Hall–Kier alpha value is -1.22. The minimum atomic E-state index is 0.264. The lowest BCUT2D eigenvalue weighted by Crippen LogP contribution is -2.36. The van der Waals surface area contributed by atoms with Crippen LogP contribution in [0.3, 0.4) is 0 Å². The number of methoxy groups -OCH3 is 2. The zero-order chi connectivity index (χ0) is 15.2. The average molecular weight is 291 g/mol. The van der Waals surface area contributed by atoms with Crippen molar-refractivity contribution in [3.8, 4) is 11.5 Å². The zero-order valence-corrected chi connectivity index (χ0v) is 13.8. The topological polar surface area (TPSA) is 30.5 Å². The maximum absolute atomic E-state index is 5.51. The lowest BCUT2D eigenvalue weighted by atomic mass is 9.95. The minimum Gasteiger partial charge on any atom is -0.497 e. The second-order valence-corrected chi connectivity index (χ2v) is 6.22. The number of hydrogen-bond donors (Lipinski definition) is 1. The number of hydrogen-bond acceptors (Lipinski definition) is 3. The van der Waals surface area contributed by atoms with E-state index < -0.39 is 0 Å². The van der Waals surface area contributed by atoms with Crippen LogP contribution in [0, 0.1) is 5.92 Å². The summed E-state index contributed by atoms with van der Waals surface area (Å²) in [4.78, 5) is 0. The van der Waals surface area contributed by atoms with E-state index in [4.69, 9.17) is 9.47 Å². The highest BCUT2D eigenvalue weighted by Crippen LogP contribution is 2.31. The van der Waals surface area contributed by atoms with Gasteiger partial charge < -0.3 is 14.8 Å². The molecule has 1 aliphatic rings. The van der Waals surface area contributed by atoms with E-state index in [1.165, 1.54) is 37.7 Å². The van der Waals surface area contributed by atoms with Gasteiger partial charge in [0.25, 0.3) is 0 Å². The molecule has 0 bridgehead atoms. The first kappa shape index (κ1) is 16.2. The van der Waals surface area contributed by atoms with Gasteiger partial charge in [0.15, 0.2) is 0 Å². The Bertz CT molecular complexity index is 447. The summed E-state index contributed by atoms with van der Waals surface area (Å²) in [6, 6.07) is 6.88. The maximum Gasteiger partial charge on any atom is 0.123 e. The van der Waals surface area contributed by atoms with Crippen molar-refractivity contribution in [3.05, 3.63) is 23.8 Å². The fourth-order valence-electron chi connectivity index (χ4n) is 3.33. The number of nitrogens with one attached hydrogen (secondary N) is 1. The van der Waals surface area contributed by atoms with E-state index in [2.05, 4.69) is 25.2 Å². The summed E-state index contributed by atoms with van der Waals surface area (Å²) in [5.74, 6) is 2.55. The van der Waals surface area contributed by atoms with Crippen LogP contribution in [-0.2, 0) is 0 Å². The van der Waals surface area contributed by atoms with Gasteiger partial charge in [0, 0.05) is 17.6 Å². The molecule has 2 rings (SSSR count). The van der Waals surface area contributed by atoms with Gasteiger partial charge in [-0.05, 0) is 43.9 Å². The second-order valence-electron chi connectivity index (χ2n) is 6.22. The van der Waals surface area contributed by atoms with Crippen LogP contribution in [-0.4, -0.2) is 20.3 Å². The predicted octanol–water partition coefficient (Wildman–Crippen LogP) is 4.32. The fraction of sp³-hybridized carbons (Fsp3) is 0.667. The highest BCUT2D eigenvalue weighted by Gasteiger charge is 2.23. The molecule has 0 aromatic heterocycles. The van der Waals surface area contributed by atoms with Crippen LogP contribution < -0.4 is 14.8 Å². The molecule has 21 heavy (non-hydrogen) atoms. The standard InChI is InChI=1S/C18H29NO2/c1-13-8-6-5-7-9-17(13)19-14(2)16-12-15(20-3)10-11-18(16)21-4/h10-14,17,19H,5-9H2,1-4H3. The molecule has 3 heteroatoms. The molecule has 1 aromatic carbocycles. The Labute approximate surface area is 129 Å². The molecule has 1 fully saturated rings. The minimum absolute atomic E-state index is 0.264. The number of ether oxygens (including phenoxy) is 2. The van der Waals surface area contributed by atoms with Crippen LogP contribution >= 0.6 is 0 Å². The lowest BCUT2D eigenvalue weighted by Gasteiger charge is -2.28. The molecule has 0 aliphatic heterocycles. The summed E-state index contributed by atoms with van der Waals surface area (Å²) in [5.41, 5.74) is 1.17. The van der Waals surface area contributed by atoms with Crippen molar-refractivity contribution in [3.63, 3.8) is 0 Å². The molecule has 0 spiro atoms. The summed E-state index contributed by atoms with van der Waals surface area (Å²) in [7, 11) is 3.43. The van der Waals surface area contributed by atoms with Gasteiger partial charge in [0.05, 0.1) is 14.2 Å². The quantitative estimate of drug-likeness (QED) is 0.819. The van der Waals surface area contributed by atoms with Gasteiger partial charge in [0.2, 0.25) is 0 Å². The summed E-state index contributed by atoms with van der Waals surface area (Å²) in [5, 5.41) is 3.82. The molecular weight excluding hydrogens is 262 g/mol. The molecule has 0 radical (unpaired) electrons. The van der Waals surface area contributed by atoms with Crippen LogP contribution in [0.5, 0.6) is 11.5 Å². The highest BCUT2D eigenvalue weighted by molar-refractivity contribution is 5.42. The van der Waals surface area contributed by atoms with Crippen molar-refractivity contribution < 1.29 is 9.47 Å². The van der Waals surface area contributed by atoms with Crippen molar-refractivity contribution in [2.75, 3.05) is 14.2 Å². The highest BCUT2D eigenvalue weighted by atomic mass is 16.5. The van der Waals surface area contributed by atoms with E-state index in [1.54, 1.807) is 14.2 Å². The Kier molecular flexibility index (Phi) is 5.92. The summed E-state index contributed by atoms with van der Waals surface area (Å²) in [6.07, 6.45) is 6.69. The summed E-state index contributed by atoms with van der Waals surface area (Å²) < 4.78 is 10.9. The normalized spacial score (nSPS) is 24.2. The van der Waals surface area contributed by atoms with Gasteiger partial charge in [-0.2, -0.15) is 0 Å². The molecule has 3 nitrogen and oxygen atoms in total. The molecule has 0 amide bonds. The van der Waals surface area contributed by atoms with E-state index in [-0.39, 0.29) is 6.04 Å². The maximum atomic E-state index is 5.51. The zero-order valence-electron chi connectivity index (χ0n) is 13.8. The van der Waals surface area contributed by atoms with Crippen molar-refractivity contribution in [2.24, 2.45) is 5.92 Å². The SMILES string of the molecule is COc1ccc(OC)c(C(C)NC2CCCCCC2C)c1. The van der Waals surface area contributed by atoms with Crippen LogP contribution in [0.25, 0.3) is 0 Å². The molecule has 3 unspecified atom stereocenters. The van der Waals surface area contributed by atoms with Crippen molar-refractivity contribution >= 4 is 0 Å². The van der Waals surface area contributed by atoms with Gasteiger partial charge >= 0.3 is 0 Å². The first-order valence-corrected chi connectivity index (χ1v) is 8.13. The summed E-state index contributed by atoms with van der Waals surface area (Å²) >= 11 is 0. The number of benzene rings is 1. The third-order valence-electron chi connectivity index (χ3n) is 4.73. The van der Waals surface area contributed by atoms with Gasteiger partial charge in [-0.25, -0.2) is 0 Å². The van der Waals surface area contributed by atoms with Crippen molar-refractivity contribution in [1.82, 2.24) is 5.32 Å². The van der Waals surface area contributed by atoms with Gasteiger partial charge in [-0.15, -0.1) is 0 Å². The van der Waals surface area contributed by atoms with E-state index >= 15 is 0 Å². The van der Waals surface area contributed by atoms with Crippen molar-refractivity contribution in [2.45, 2.75) is 58.0 Å². The molecule has 1 saturated carbocycles. The average Bonchev–Trinajstić information content (AvgIpc) is 2.71. The molecular formula is C18H29NO2. The Morgan fingerprint density at radius 3 is 2.57 bits per heavy atom. The second kappa shape index (κ2) is 7.69. The molecule has 0 saturated heterocycles. The fourth-order valence-corrected chi connectivity index (χ4v) is 3.33. The predicted molar refractivity (Wildman–Crippen MR) is 87.1 cm³/mol. The smallest absolute Gasteiger partial charge is 0.123 e. The monoisotopic (exact) mass is 291 g/mol. The third-order valence-corrected chi connectivity index (χ3v) is 4.73. The molecule has 1 aromatic rings. The van der Waals surface area contributed by atoms with Crippen LogP contribution in [0.1, 0.15) is 57.6 Å². The van der Waals surface area contributed by atoms with Crippen LogP contribution in [0.4, 0.5) is 0 Å². The van der Waals surface area contributed by atoms with E-state index in [0.717, 1.165) is 17.4 Å². The summed E-state index contributed by atoms with van der Waals surface area (Å²) in [6.45, 7) is 4.59. The molecule has 118 valence electrons. The first-order valence-electron chi connectivity index (χ1n) is 8.13. The largest absolute Gasteiger partial charge is 0.497 e. The molecule has 3 atom stereocenters.